The minimum absolute atomic E-state index is 0.808. The quantitative estimate of drug-likeness (QED) is 0.506. The molecule has 0 fully saturated rings. The summed E-state index contributed by atoms with van der Waals surface area (Å²) in [5.74, 6) is 0. The highest BCUT2D eigenvalue weighted by molar-refractivity contribution is 6.82. The van der Waals surface area contributed by atoms with Crippen molar-refractivity contribution in [2.75, 3.05) is 13.1 Å². The zero-order chi connectivity index (χ0) is 11.9. The first-order valence-electron chi connectivity index (χ1n) is 6.11. The molecule has 0 aromatic heterocycles. The predicted octanol–water partition coefficient (Wildman–Crippen LogP) is 3.74. The summed E-state index contributed by atoms with van der Waals surface area (Å²) in [6, 6.07) is 2.77. The Kier molecular flexibility index (Phi) is 6.72. The molecule has 0 aliphatic heterocycles. The first-order valence-corrected chi connectivity index (χ1v) is 13.1. The highest BCUT2D eigenvalue weighted by Crippen LogP contribution is 2.10. The van der Waals surface area contributed by atoms with Gasteiger partial charge in [0.25, 0.3) is 0 Å². The Morgan fingerprint density at radius 3 is 2.07 bits per heavy atom. The molecule has 15 heavy (non-hydrogen) atoms. The van der Waals surface area contributed by atoms with Crippen LogP contribution in [-0.4, -0.2) is 29.2 Å². The van der Waals surface area contributed by atoms with Gasteiger partial charge in [0.1, 0.15) is 0 Å². The van der Waals surface area contributed by atoms with Crippen LogP contribution in [0.5, 0.6) is 0 Å². The summed E-state index contributed by atoms with van der Waals surface area (Å²) in [5, 5.41) is 3.56. The minimum atomic E-state index is -1.06. The van der Waals surface area contributed by atoms with Crippen LogP contribution in [-0.2, 0) is 0 Å². The lowest BCUT2D eigenvalue weighted by atomic mass is 10.5. The largest absolute Gasteiger partial charge is 0.317 e. The van der Waals surface area contributed by atoms with Crippen molar-refractivity contribution in [3.8, 4) is 0 Å². The monoisotopic (exact) mass is 243 g/mol. The lowest BCUT2D eigenvalue weighted by Gasteiger charge is -2.18. The fraction of sp³-hybridized carbons (Fsp3) is 0.833. The Balaban J connectivity index is 3.37. The third-order valence-corrected chi connectivity index (χ3v) is 7.28. The van der Waals surface area contributed by atoms with E-state index in [1.165, 1.54) is 31.6 Å². The summed E-state index contributed by atoms with van der Waals surface area (Å²) in [6.45, 7) is 18.4. The summed E-state index contributed by atoms with van der Waals surface area (Å²) in [6.07, 6.45) is 1.35. The molecule has 0 unspecified atom stereocenters. The molecule has 0 aliphatic carbocycles. The maximum absolute atomic E-state index is 3.92. The summed E-state index contributed by atoms with van der Waals surface area (Å²) < 4.78 is 0. The molecule has 0 saturated heterocycles. The molecule has 0 saturated carbocycles. The molecule has 0 radical (unpaired) electrons. The summed E-state index contributed by atoms with van der Waals surface area (Å²) in [7, 11) is -1.87. The third kappa shape index (κ3) is 10.4. The van der Waals surface area contributed by atoms with Gasteiger partial charge in [-0.05, 0) is 25.6 Å². The van der Waals surface area contributed by atoms with Gasteiger partial charge in [-0.25, -0.2) is 0 Å². The van der Waals surface area contributed by atoms with Gasteiger partial charge in [-0.3, -0.25) is 0 Å². The molecule has 0 atom stereocenters. The lowest BCUT2D eigenvalue weighted by Crippen LogP contribution is -2.29. The van der Waals surface area contributed by atoms with E-state index in [1.54, 1.807) is 0 Å². The second-order valence-electron chi connectivity index (χ2n) is 6.36. The van der Waals surface area contributed by atoms with Crippen LogP contribution >= 0.6 is 0 Å². The smallest absolute Gasteiger partial charge is 0.0722 e. The van der Waals surface area contributed by atoms with E-state index >= 15 is 0 Å². The predicted molar refractivity (Wildman–Crippen MR) is 78.1 cm³/mol. The summed E-state index contributed by atoms with van der Waals surface area (Å²) in [4.78, 5) is 0. The van der Waals surface area contributed by atoms with Gasteiger partial charge < -0.3 is 5.32 Å². The van der Waals surface area contributed by atoms with Crippen LogP contribution in [0.3, 0.4) is 0 Å². The Morgan fingerprint density at radius 1 is 1.00 bits per heavy atom. The molecule has 0 spiro atoms. The topological polar surface area (TPSA) is 12.0 Å². The minimum Gasteiger partial charge on any atom is -0.317 e. The van der Waals surface area contributed by atoms with Gasteiger partial charge in [-0.15, -0.1) is 12.3 Å². The van der Waals surface area contributed by atoms with Gasteiger partial charge in [0, 0.05) is 8.07 Å². The fourth-order valence-electron chi connectivity index (χ4n) is 1.38. The zero-order valence-corrected chi connectivity index (χ0v) is 13.3. The molecule has 1 nitrogen and oxygen atoms in total. The lowest BCUT2D eigenvalue weighted by molar-refractivity contribution is 0.695. The average molecular weight is 244 g/mol. The van der Waals surface area contributed by atoms with Crippen LogP contribution in [0.4, 0.5) is 0 Å². The van der Waals surface area contributed by atoms with Gasteiger partial charge in [-0.2, -0.15) is 0 Å². The van der Waals surface area contributed by atoms with Crippen molar-refractivity contribution < 1.29 is 0 Å². The Bertz CT molecular complexity index is 183. The molecular formula is C12H29NSi2. The highest BCUT2D eigenvalue weighted by Gasteiger charge is 2.15. The first-order chi connectivity index (χ1) is 6.77. The van der Waals surface area contributed by atoms with E-state index in [-0.39, 0.29) is 0 Å². The van der Waals surface area contributed by atoms with E-state index in [2.05, 4.69) is 50.3 Å². The first kappa shape index (κ1) is 15.1. The average Bonchev–Trinajstić information content (AvgIpc) is 2.09. The molecule has 1 N–H and O–H groups in total. The second kappa shape index (κ2) is 6.66. The van der Waals surface area contributed by atoms with Crippen LogP contribution in [0.2, 0.25) is 44.8 Å². The van der Waals surface area contributed by atoms with Crippen LogP contribution in [0.25, 0.3) is 0 Å². The number of hydrogen-bond acceptors (Lipinski definition) is 1. The third-order valence-electron chi connectivity index (χ3n) is 2.78. The Morgan fingerprint density at radius 2 is 1.60 bits per heavy atom. The van der Waals surface area contributed by atoms with Gasteiger partial charge in [0.2, 0.25) is 0 Å². The summed E-state index contributed by atoms with van der Waals surface area (Å²) in [5.41, 5.74) is 2.19. The van der Waals surface area contributed by atoms with E-state index in [0.29, 0.717) is 0 Å². The maximum atomic E-state index is 3.92. The Labute approximate surface area is 98.4 Å². The van der Waals surface area contributed by atoms with E-state index in [9.17, 15) is 0 Å². The molecule has 0 bridgehead atoms. The zero-order valence-electron chi connectivity index (χ0n) is 11.3. The SMILES string of the molecule is C=C[Si](C)(C)CCNCCC[Si](C)(C)C. The molecule has 0 rings (SSSR count). The van der Waals surface area contributed by atoms with Crippen LogP contribution in [0.1, 0.15) is 6.42 Å². The van der Waals surface area contributed by atoms with Crippen molar-refractivity contribution in [3.63, 3.8) is 0 Å². The van der Waals surface area contributed by atoms with Gasteiger partial charge in [-0.1, -0.05) is 38.8 Å². The van der Waals surface area contributed by atoms with Crippen LogP contribution in [0.15, 0.2) is 12.3 Å². The molecule has 0 amide bonds. The van der Waals surface area contributed by atoms with Crippen molar-refractivity contribution in [1.29, 1.82) is 0 Å². The number of hydrogen-bond donors (Lipinski definition) is 1. The fourth-order valence-corrected chi connectivity index (χ4v) is 3.64. The van der Waals surface area contributed by atoms with E-state index in [4.69, 9.17) is 0 Å². The normalized spacial score (nSPS) is 12.9. The molecule has 90 valence electrons. The van der Waals surface area contributed by atoms with Gasteiger partial charge >= 0.3 is 0 Å². The molecule has 0 aliphatic rings. The van der Waals surface area contributed by atoms with E-state index in [1.807, 2.05) is 0 Å². The second-order valence-corrected chi connectivity index (χ2v) is 16.9. The van der Waals surface area contributed by atoms with Crippen molar-refractivity contribution in [1.82, 2.24) is 5.32 Å². The van der Waals surface area contributed by atoms with E-state index < -0.39 is 16.1 Å². The number of nitrogens with one attached hydrogen (secondary N) is 1. The molecule has 0 heterocycles. The standard InChI is InChI=1S/C12H29NSi2/c1-7-15(5,6)12-10-13-9-8-11-14(2,3)4/h7,13H,1,8-12H2,2-6H3. The van der Waals surface area contributed by atoms with Crippen molar-refractivity contribution in [3.05, 3.63) is 12.3 Å². The van der Waals surface area contributed by atoms with Gasteiger partial charge in [0.05, 0.1) is 8.07 Å². The summed E-state index contributed by atoms with van der Waals surface area (Å²) >= 11 is 0. The molecule has 0 aromatic carbocycles. The van der Waals surface area contributed by atoms with Crippen LogP contribution in [0, 0.1) is 0 Å². The Hall–Kier alpha value is 0.134. The highest BCUT2D eigenvalue weighted by atomic mass is 28.3. The van der Waals surface area contributed by atoms with Crippen molar-refractivity contribution in [2.24, 2.45) is 0 Å². The van der Waals surface area contributed by atoms with Crippen molar-refractivity contribution >= 4 is 16.1 Å². The van der Waals surface area contributed by atoms with Crippen LogP contribution < -0.4 is 5.32 Å². The molecule has 0 aromatic rings. The van der Waals surface area contributed by atoms with Crippen molar-refractivity contribution in [2.45, 2.75) is 51.2 Å². The molecular weight excluding hydrogens is 214 g/mol. The maximum Gasteiger partial charge on any atom is 0.0722 e. The molecule has 3 heteroatoms. The van der Waals surface area contributed by atoms with Gasteiger partial charge in [0.15, 0.2) is 0 Å². The van der Waals surface area contributed by atoms with E-state index in [0.717, 1.165) is 0 Å². The number of rotatable bonds is 8.